The van der Waals surface area contributed by atoms with Gasteiger partial charge in [-0.25, -0.2) is 22.8 Å². The highest BCUT2D eigenvalue weighted by atomic mass is 32.2. The Bertz CT molecular complexity index is 1630. The number of benzene rings is 2. The van der Waals surface area contributed by atoms with E-state index in [1.54, 1.807) is 18.2 Å². The predicted octanol–water partition coefficient (Wildman–Crippen LogP) is 4.29. The molecule has 0 bridgehead atoms. The largest absolute Gasteiger partial charge is 0.497 e. The van der Waals surface area contributed by atoms with Crippen LogP contribution in [0.25, 0.3) is 22.4 Å². The lowest BCUT2D eigenvalue weighted by atomic mass is 10.0. The standard InChI is InChI=1S/C24H24F4N6O4S/c1-34(39(4,35)36)19-6-5-15(37-2)7-14(19)11-29-21-17-12-30-33-23(17)32-22(31-21)16-9-18(25)20(38-3)8-13(16)10-24(26,27)28/h5-9,12H,10-11H2,1-4H3,(H2,29,30,31,32,33). The number of aromatic amines is 1. The van der Waals surface area contributed by atoms with Crippen molar-refractivity contribution < 1.29 is 35.5 Å². The maximum atomic E-state index is 14.6. The topological polar surface area (TPSA) is 122 Å². The minimum atomic E-state index is -4.59. The van der Waals surface area contributed by atoms with Gasteiger partial charge in [0.25, 0.3) is 0 Å². The Kier molecular flexibility index (Phi) is 7.54. The number of hydrogen-bond acceptors (Lipinski definition) is 8. The molecule has 10 nitrogen and oxygen atoms in total. The zero-order valence-corrected chi connectivity index (χ0v) is 22.0. The maximum Gasteiger partial charge on any atom is 0.393 e. The van der Waals surface area contributed by atoms with Crippen molar-refractivity contribution >= 4 is 32.6 Å². The normalized spacial score (nSPS) is 12.0. The van der Waals surface area contributed by atoms with Crippen molar-refractivity contribution in [3.63, 3.8) is 0 Å². The number of sulfonamides is 1. The first-order chi connectivity index (χ1) is 18.3. The number of nitrogens with zero attached hydrogens (tertiary/aromatic N) is 4. The Balaban J connectivity index is 1.79. The quantitative estimate of drug-likeness (QED) is 0.287. The highest BCUT2D eigenvalue weighted by molar-refractivity contribution is 7.92. The number of ether oxygens (including phenoxy) is 2. The van der Waals surface area contributed by atoms with Crippen molar-refractivity contribution in [2.75, 3.05) is 37.1 Å². The van der Waals surface area contributed by atoms with E-state index < -0.39 is 28.4 Å². The van der Waals surface area contributed by atoms with Gasteiger partial charge in [0.2, 0.25) is 10.0 Å². The first-order valence-corrected chi connectivity index (χ1v) is 13.1. The van der Waals surface area contributed by atoms with E-state index >= 15 is 0 Å². The molecule has 0 amide bonds. The number of aromatic nitrogens is 4. The Labute approximate surface area is 221 Å². The van der Waals surface area contributed by atoms with Crippen molar-refractivity contribution in [1.29, 1.82) is 0 Å². The van der Waals surface area contributed by atoms with Gasteiger partial charge in [-0.15, -0.1) is 0 Å². The number of hydrogen-bond donors (Lipinski definition) is 2. The molecule has 39 heavy (non-hydrogen) atoms. The van der Waals surface area contributed by atoms with E-state index in [0.29, 0.717) is 22.4 Å². The summed E-state index contributed by atoms with van der Waals surface area (Å²) in [5.41, 5.74) is 0.621. The fourth-order valence-electron chi connectivity index (χ4n) is 3.91. The molecule has 0 aliphatic heterocycles. The monoisotopic (exact) mass is 568 g/mol. The number of H-pyrrole nitrogens is 1. The first kappa shape index (κ1) is 27.9. The molecule has 0 unspecified atom stereocenters. The molecule has 4 rings (SSSR count). The Morgan fingerprint density at radius 2 is 1.82 bits per heavy atom. The number of fused-ring (bicyclic) bond motifs is 1. The van der Waals surface area contributed by atoms with Gasteiger partial charge >= 0.3 is 6.18 Å². The van der Waals surface area contributed by atoms with Crippen LogP contribution in [0.4, 0.5) is 29.1 Å². The third-order valence-corrected chi connectivity index (χ3v) is 7.08. The summed E-state index contributed by atoms with van der Waals surface area (Å²) >= 11 is 0. The van der Waals surface area contributed by atoms with Crippen LogP contribution in [0, 0.1) is 5.82 Å². The lowest BCUT2D eigenvalue weighted by Crippen LogP contribution is -2.26. The van der Waals surface area contributed by atoms with E-state index in [1.165, 1.54) is 20.4 Å². The van der Waals surface area contributed by atoms with E-state index in [4.69, 9.17) is 9.47 Å². The molecule has 0 aliphatic carbocycles. The summed E-state index contributed by atoms with van der Waals surface area (Å²) in [6.07, 6.45) is -3.48. The average molecular weight is 569 g/mol. The summed E-state index contributed by atoms with van der Waals surface area (Å²) in [5.74, 6) is -0.770. The second-order valence-corrected chi connectivity index (χ2v) is 10.6. The summed E-state index contributed by atoms with van der Waals surface area (Å²) in [7, 11) is 0.423. The van der Waals surface area contributed by atoms with Crippen LogP contribution in [-0.4, -0.2) is 62.3 Å². The van der Waals surface area contributed by atoms with E-state index in [2.05, 4.69) is 25.5 Å². The zero-order valence-electron chi connectivity index (χ0n) is 21.2. The molecular formula is C24H24F4N6O4S. The molecule has 208 valence electrons. The van der Waals surface area contributed by atoms with E-state index in [-0.39, 0.29) is 40.7 Å². The second kappa shape index (κ2) is 10.6. The molecule has 0 spiro atoms. The molecule has 4 aromatic rings. The molecule has 2 N–H and O–H groups in total. The number of anilines is 2. The van der Waals surface area contributed by atoms with Crippen LogP contribution in [0.3, 0.4) is 0 Å². The molecule has 15 heteroatoms. The van der Waals surface area contributed by atoms with Crippen LogP contribution in [0.2, 0.25) is 0 Å². The molecular weight excluding hydrogens is 544 g/mol. The molecule has 0 aliphatic rings. The number of alkyl halides is 3. The highest BCUT2D eigenvalue weighted by Gasteiger charge is 2.31. The van der Waals surface area contributed by atoms with Crippen LogP contribution in [0.15, 0.2) is 36.5 Å². The lowest BCUT2D eigenvalue weighted by molar-refractivity contribution is -0.127. The predicted molar refractivity (Wildman–Crippen MR) is 137 cm³/mol. The molecule has 0 saturated carbocycles. The average Bonchev–Trinajstić information content (AvgIpc) is 3.35. The molecule has 0 atom stereocenters. The number of rotatable bonds is 9. The van der Waals surface area contributed by atoms with E-state index in [9.17, 15) is 26.0 Å². The van der Waals surface area contributed by atoms with Crippen molar-refractivity contribution in [3.8, 4) is 22.9 Å². The van der Waals surface area contributed by atoms with Crippen molar-refractivity contribution in [3.05, 3.63) is 53.5 Å². The van der Waals surface area contributed by atoms with Gasteiger partial charge in [-0.2, -0.15) is 18.3 Å². The number of halogens is 4. The van der Waals surface area contributed by atoms with Gasteiger partial charge in [-0.3, -0.25) is 9.40 Å². The fraction of sp³-hybridized carbons (Fsp3) is 0.292. The smallest absolute Gasteiger partial charge is 0.393 e. The third kappa shape index (κ3) is 6.13. The third-order valence-electron chi connectivity index (χ3n) is 5.89. The van der Waals surface area contributed by atoms with Gasteiger partial charge in [0.15, 0.2) is 23.0 Å². The van der Waals surface area contributed by atoms with E-state index in [1.807, 2.05) is 0 Å². The number of methoxy groups -OCH3 is 2. The Morgan fingerprint density at radius 1 is 1.08 bits per heavy atom. The molecule has 2 aromatic heterocycles. The van der Waals surface area contributed by atoms with Gasteiger partial charge in [0.1, 0.15) is 11.6 Å². The number of nitrogens with one attached hydrogen (secondary N) is 2. The van der Waals surface area contributed by atoms with Gasteiger partial charge in [0.05, 0.1) is 44.2 Å². The highest BCUT2D eigenvalue weighted by Crippen LogP contribution is 2.35. The van der Waals surface area contributed by atoms with Crippen LogP contribution in [0.1, 0.15) is 11.1 Å². The second-order valence-electron chi connectivity index (χ2n) is 8.54. The minimum absolute atomic E-state index is 0.0372. The summed E-state index contributed by atoms with van der Waals surface area (Å²) in [5, 5.41) is 10.1. The Hall–Kier alpha value is -4.14. The van der Waals surface area contributed by atoms with Crippen molar-refractivity contribution in [2.45, 2.75) is 19.1 Å². The Morgan fingerprint density at radius 3 is 2.46 bits per heavy atom. The van der Waals surface area contributed by atoms with Crippen LogP contribution in [0.5, 0.6) is 11.5 Å². The molecule has 0 saturated heterocycles. The minimum Gasteiger partial charge on any atom is -0.497 e. The van der Waals surface area contributed by atoms with Crippen LogP contribution >= 0.6 is 0 Å². The fourth-order valence-corrected chi connectivity index (χ4v) is 4.44. The van der Waals surface area contributed by atoms with Crippen LogP contribution < -0.4 is 19.1 Å². The van der Waals surface area contributed by atoms with Crippen molar-refractivity contribution in [1.82, 2.24) is 20.2 Å². The SMILES string of the molecule is COc1ccc(N(C)S(C)(=O)=O)c(CNc2nc(-c3cc(F)c(OC)cc3CC(F)(F)F)nc3[nH]ncc23)c1. The van der Waals surface area contributed by atoms with Gasteiger partial charge < -0.3 is 14.8 Å². The lowest BCUT2D eigenvalue weighted by Gasteiger charge is -2.21. The van der Waals surface area contributed by atoms with E-state index in [0.717, 1.165) is 29.8 Å². The molecule has 2 aromatic carbocycles. The van der Waals surface area contributed by atoms with Gasteiger partial charge in [0, 0.05) is 19.2 Å². The molecule has 2 heterocycles. The first-order valence-electron chi connectivity index (χ1n) is 11.3. The summed E-state index contributed by atoms with van der Waals surface area (Å²) < 4.78 is 90.3. The molecule has 0 fully saturated rings. The van der Waals surface area contributed by atoms with Gasteiger partial charge in [-0.1, -0.05) is 0 Å². The van der Waals surface area contributed by atoms with Crippen molar-refractivity contribution in [2.24, 2.45) is 0 Å². The summed E-state index contributed by atoms with van der Waals surface area (Å²) in [6.45, 7) is 0.0372. The maximum absolute atomic E-state index is 14.6. The molecule has 0 radical (unpaired) electrons. The van der Waals surface area contributed by atoms with Gasteiger partial charge in [-0.05, 0) is 41.5 Å². The summed E-state index contributed by atoms with van der Waals surface area (Å²) in [6, 6.07) is 6.69. The summed E-state index contributed by atoms with van der Waals surface area (Å²) in [4.78, 5) is 8.65. The zero-order chi connectivity index (χ0) is 28.5. The van der Waals surface area contributed by atoms with Crippen LogP contribution in [-0.2, 0) is 23.0 Å².